The molecule has 8 nitrogen and oxygen atoms in total. The molecule has 9 heteroatoms. The number of carboxylic acid groups (broad SMARTS) is 1. The fourth-order valence-corrected chi connectivity index (χ4v) is 2.91. The summed E-state index contributed by atoms with van der Waals surface area (Å²) in [6.45, 7) is 2.16. The van der Waals surface area contributed by atoms with E-state index in [1.54, 1.807) is 10.9 Å². The number of benzene rings is 1. The van der Waals surface area contributed by atoms with Gasteiger partial charge >= 0.3 is 5.97 Å². The molecule has 1 aromatic carbocycles. The van der Waals surface area contributed by atoms with Gasteiger partial charge in [0.05, 0.1) is 12.4 Å². The van der Waals surface area contributed by atoms with Gasteiger partial charge in [-0.1, -0.05) is 29.5 Å². The molecule has 0 atom stereocenters. The number of aliphatic carboxylic acids is 1. The van der Waals surface area contributed by atoms with Crippen LogP contribution >= 0.6 is 11.8 Å². The van der Waals surface area contributed by atoms with Crippen LogP contribution in [0.25, 0.3) is 5.69 Å². The summed E-state index contributed by atoms with van der Waals surface area (Å²) in [6, 6.07) is 7.85. The van der Waals surface area contributed by atoms with Gasteiger partial charge < -0.3 is 14.7 Å². The van der Waals surface area contributed by atoms with Crippen molar-refractivity contribution in [3.05, 3.63) is 36.2 Å². The Hall–Kier alpha value is -2.39. The lowest BCUT2D eigenvalue weighted by molar-refractivity contribution is -0.143. The van der Waals surface area contributed by atoms with Crippen LogP contribution in [0, 0.1) is 6.92 Å². The molecule has 2 aromatic rings. The van der Waals surface area contributed by atoms with E-state index in [1.807, 2.05) is 31.2 Å². The number of amides is 1. The first-order valence-corrected chi connectivity index (χ1v) is 8.58. The maximum Gasteiger partial charge on any atom is 0.323 e. The Morgan fingerprint density at radius 3 is 2.68 bits per heavy atom. The number of carboxylic acids is 1. The van der Waals surface area contributed by atoms with Crippen LogP contribution in [0.15, 0.2) is 35.7 Å². The highest BCUT2D eigenvalue weighted by atomic mass is 32.2. The summed E-state index contributed by atoms with van der Waals surface area (Å²) in [5, 5.41) is 17.4. The molecule has 0 radical (unpaired) electrons. The largest absolute Gasteiger partial charge is 0.480 e. The van der Waals surface area contributed by atoms with Gasteiger partial charge in [0.2, 0.25) is 5.91 Å². The van der Waals surface area contributed by atoms with Crippen molar-refractivity contribution in [3.8, 4) is 5.69 Å². The first-order chi connectivity index (χ1) is 12.0. The van der Waals surface area contributed by atoms with E-state index >= 15 is 0 Å². The molecule has 0 saturated carbocycles. The number of hydrogen-bond acceptors (Lipinski definition) is 6. The predicted octanol–water partition coefficient (Wildman–Crippen LogP) is 1.23. The molecule has 0 fully saturated rings. The van der Waals surface area contributed by atoms with Gasteiger partial charge in [0.15, 0.2) is 5.16 Å². The van der Waals surface area contributed by atoms with Crippen LogP contribution in [-0.4, -0.2) is 69.2 Å². The van der Waals surface area contributed by atoms with E-state index in [-0.39, 0.29) is 31.4 Å². The van der Waals surface area contributed by atoms with Crippen LogP contribution in [0.1, 0.15) is 5.56 Å². The second-order valence-electron chi connectivity index (χ2n) is 5.31. The van der Waals surface area contributed by atoms with Crippen molar-refractivity contribution in [2.45, 2.75) is 12.1 Å². The molecule has 0 aliphatic rings. The van der Waals surface area contributed by atoms with Crippen molar-refractivity contribution in [3.63, 3.8) is 0 Å². The van der Waals surface area contributed by atoms with Gasteiger partial charge in [-0.05, 0) is 19.1 Å². The average molecular weight is 364 g/mol. The molecule has 1 heterocycles. The maximum atomic E-state index is 12.3. The van der Waals surface area contributed by atoms with Crippen molar-refractivity contribution >= 4 is 23.6 Å². The SMILES string of the molecule is COCCN(CC(=O)O)C(=O)CSc1nncn1-c1ccc(C)cc1. The first kappa shape index (κ1) is 18.9. The van der Waals surface area contributed by atoms with Gasteiger partial charge in [0.1, 0.15) is 12.9 Å². The molecule has 0 spiro atoms. The minimum atomic E-state index is -1.06. The molecule has 1 N–H and O–H groups in total. The van der Waals surface area contributed by atoms with Crippen molar-refractivity contribution in [2.24, 2.45) is 0 Å². The fraction of sp³-hybridized carbons (Fsp3) is 0.375. The van der Waals surface area contributed by atoms with E-state index in [0.717, 1.165) is 11.3 Å². The zero-order valence-corrected chi connectivity index (χ0v) is 14.9. The third-order valence-electron chi connectivity index (χ3n) is 3.40. The van der Waals surface area contributed by atoms with E-state index < -0.39 is 5.97 Å². The van der Waals surface area contributed by atoms with E-state index in [4.69, 9.17) is 9.84 Å². The number of aromatic nitrogens is 3. The highest BCUT2D eigenvalue weighted by molar-refractivity contribution is 7.99. The van der Waals surface area contributed by atoms with Crippen LogP contribution < -0.4 is 0 Å². The number of methoxy groups -OCH3 is 1. The number of nitrogens with zero attached hydrogens (tertiary/aromatic N) is 4. The molecule has 0 saturated heterocycles. The summed E-state index contributed by atoms with van der Waals surface area (Å²) in [6.07, 6.45) is 1.58. The predicted molar refractivity (Wildman–Crippen MR) is 92.9 cm³/mol. The fourth-order valence-electron chi connectivity index (χ4n) is 2.08. The summed E-state index contributed by atoms with van der Waals surface area (Å²) in [4.78, 5) is 24.5. The third-order valence-corrected chi connectivity index (χ3v) is 4.33. The minimum Gasteiger partial charge on any atom is -0.480 e. The topological polar surface area (TPSA) is 97.6 Å². The molecule has 0 aliphatic carbocycles. The Labute approximate surface area is 149 Å². The number of thioether (sulfide) groups is 1. The average Bonchev–Trinajstić information content (AvgIpc) is 3.05. The van der Waals surface area contributed by atoms with Gasteiger partial charge in [-0.2, -0.15) is 0 Å². The number of rotatable bonds is 9. The first-order valence-electron chi connectivity index (χ1n) is 7.59. The Morgan fingerprint density at radius 1 is 1.32 bits per heavy atom. The van der Waals surface area contributed by atoms with Crippen LogP contribution in [0.4, 0.5) is 0 Å². The highest BCUT2D eigenvalue weighted by Gasteiger charge is 2.18. The zero-order valence-electron chi connectivity index (χ0n) is 14.1. The second kappa shape index (κ2) is 9.19. The van der Waals surface area contributed by atoms with Crippen molar-refractivity contribution in [2.75, 3.05) is 32.6 Å². The molecule has 25 heavy (non-hydrogen) atoms. The number of aryl methyl sites for hydroxylation is 1. The summed E-state index contributed by atoms with van der Waals surface area (Å²) in [5.41, 5.74) is 2.04. The van der Waals surface area contributed by atoms with E-state index in [2.05, 4.69) is 10.2 Å². The monoisotopic (exact) mass is 364 g/mol. The summed E-state index contributed by atoms with van der Waals surface area (Å²) >= 11 is 1.21. The van der Waals surface area contributed by atoms with Gasteiger partial charge in [0, 0.05) is 19.3 Å². The van der Waals surface area contributed by atoms with Gasteiger partial charge in [-0.25, -0.2) is 0 Å². The smallest absolute Gasteiger partial charge is 0.323 e. The molecule has 2 rings (SSSR count). The third kappa shape index (κ3) is 5.57. The molecule has 1 amide bonds. The zero-order chi connectivity index (χ0) is 18.2. The number of carbonyl (C=O) groups excluding carboxylic acids is 1. The minimum absolute atomic E-state index is 0.0710. The van der Waals surface area contributed by atoms with E-state index in [1.165, 1.54) is 23.8 Å². The summed E-state index contributed by atoms with van der Waals surface area (Å²) < 4.78 is 6.71. The quantitative estimate of drug-likeness (QED) is 0.668. The lowest BCUT2D eigenvalue weighted by Crippen LogP contribution is -2.39. The number of hydrogen-bond donors (Lipinski definition) is 1. The van der Waals surface area contributed by atoms with E-state index in [0.29, 0.717) is 5.16 Å². The number of carbonyl (C=O) groups is 2. The van der Waals surface area contributed by atoms with Crippen LogP contribution in [0.2, 0.25) is 0 Å². The molecule has 0 aliphatic heterocycles. The van der Waals surface area contributed by atoms with Crippen molar-refractivity contribution in [1.29, 1.82) is 0 Å². The van der Waals surface area contributed by atoms with Crippen LogP contribution in [0.5, 0.6) is 0 Å². The summed E-state index contributed by atoms with van der Waals surface area (Å²) in [5.74, 6) is -1.28. The van der Waals surface area contributed by atoms with Crippen LogP contribution in [0.3, 0.4) is 0 Å². The lowest BCUT2D eigenvalue weighted by Gasteiger charge is -2.19. The Morgan fingerprint density at radius 2 is 2.04 bits per heavy atom. The molecule has 0 unspecified atom stereocenters. The van der Waals surface area contributed by atoms with E-state index in [9.17, 15) is 9.59 Å². The molecular weight excluding hydrogens is 344 g/mol. The van der Waals surface area contributed by atoms with Crippen molar-refractivity contribution in [1.82, 2.24) is 19.7 Å². The van der Waals surface area contributed by atoms with Crippen LogP contribution in [-0.2, 0) is 14.3 Å². The van der Waals surface area contributed by atoms with Gasteiger partial charge in [0.25, 0.3) is 0 Å². The molecular formula is C16H20N4O4S. The van der Waals surface area contributed by atoms with Crippen molar-refractivity contribution < 1.29 is 19.4 Å². The lowest BCUT2D eigenvalue weighted by atomic mass is 10.2. The van der Waals surface area contributed by atoms with Gasteiger partial charge in [-0.15, -0.1) is 10.2 Å². The molecule has 134 valence electrons. The van der Waals surface area contributed by atoms with Gasteiger partial charge in [-0.3, -0.25) is 14.2 Å². The Bertz CT molecular complexity index is 717. The Balaban J connectivity index is 2.02. The molecule has 1 aromatic heterocycles. The standard InChI is InChI=1S/C16H20N4O4S/c1-12-3-5-13(6-4-12)20-11-17-18-16(20)25-10-14(21)19(7-8-24-2)9-15(22)23/h3-6,11H,7-10H2,1-2H3,(H,22,23). The Kier molecular flexibility index (Phi) is 6.96. The highest BCUT2D eigenvalue weighted by Crippen LogP contribution is 2.20. The normalized spacial score (nSPS) is 10.6. The maximum absolute atomic E-state index is 12.3. The molecule has 0 bridgehead atoms. The summed E-state index contributed by atoms with van der Waals surface area (Å²) in [7, 11) is 1.50. The second-order valence-corrected chi connectivity index (χ2v) is 6.25. The number of ether oxygens (including phenoxy) is 1.